The topological polar surface area (TPSA) is 115 Å². The van der Waals surface area contributed by atoms with E-state index in [9.17, 15) is 18.4 Å². The Morgan fingerprint density at radius 3 is 2.60 bits per heavy atom. The van der Waals surface area contributed by atoms with E-state index in [1.165, 1.54) is 16.9 Å². The number of nitrogens with zero attached hydrogens (tertiary/aromatic N) is 3. The molecule has 3 amide bonds. The molecular formula is C24H26F2N6O3. The van der Waals surface area contributed by atoms with Gasteiger partial charge in [-0.2, -0.15) is 5.10 Å². The van der Waals surface area contributed by atoms with Crippen molar-refractivity contribution < 1.29 is 23.1 Å². The van der Waals surface area contributed by atoms with Gasteiger partial charge >= 0.3 is 6.03 Å². The highest BCUT2D eigenvalue weighted by Gasteiger charge is 2.35. The lowest BCUT2D eigenvalue weighted by Gasteiger charge is -2.21. The number of primary amides is 1. The minimum absolute atomic E-state index is 0.0503. The average Bonchev–Trinajstić information content (AvgIpc) is 3.44. The van der Waals surface area contributed by atoms with Crippen molar-refractivity contribution in [2.75, 3.05) is 38.7 Å². The summed E-state index contributed by atoms with van der Waals surface area (Å²) in [7, 11) is 1.60. The molecule has 3 aromatic rings. The Morgan fingerprint density at radius 2 is 1.91 bits per heavy atom. The Bertz CT molecular complexity index is 1200. The van der Waals surface area contributed by atoms with Crippen LogP contribution in [0.15, 0.2) is 54.7 Å². The minimum atomic E-state index is -0.945. The third-order valence-electron chi connectivity index (χ3n) is 5.96. The number of amides is 3. The highest BCUT2D eigenvalue weighted by Crippen LogP contribution is 2.29. The van der Waals surface area contributed by atoms with Crippen LogP contribution < -0.4 is 16.4 Å². The van der Waals surface area contributed by atoms with Gasteiger partial charge in [0, 0.05) is 32.7 Å². The summed E-state index contributed by atoms with van der Waals surface area (Å²) in [6.07, 6.45) is 1.29. The lowest BCUT2D eigenvalue weighted by atomic mass is 9.94. The number of methoxy groups -OCH3 is 1. The van der Waals surface area contributed by atoms with E-state index in [1.807, 2.05) is 6.07 Å². The van der Waals surface area contributed by atoms with Crippen molar-refractivity contribution in [3.63, 3.8) is 0 Å². The molecule has 0 saturated carbocycles. The van der Waals surface area contributed by atoms with Gasteiger partial charge in [0.2, 0.25) is 0 Å². The summed E-state index contributed by atoms with van der Waals surface area (Å²) in [5.41, 5.74) is 6.73. The van der Waals surface area contributed by atoms with Gasteiger partial charge in [0.15, 0.2) is 17.5 Å². The molecule has 4 rings (SSSR count). The number of halogens is 2. The van der Waals surface area contributed by atoms with E-state index in [0.717, 1.165) is 12.1 Å². The molecule has 0 aliphatic carbocycles. The van der Waals surface area contributed by atoms with Crippen LogP contribution in [0.5, 0.6) is 0 Å². The number of para-hydroxylation sites is 1. The number of nitrogens with two attached hydrogens (primary N) is 1. The van der Waals surface area contributed by atoms with Gasteiger partial charge in [-0.15, -0.1) is 0 Å². The first-order chi connectivity index (χ1) is 16.9. The number of aromatic nitrogens is 2. The summed E-state index contributed by atoms with van der Waals surface area (Å²) in [6.45, 7) is 2.10. The Hall–Kier alpha value is -3.83. The lowest BCUT2D eigenvalue weighted by Crippen LogP contribution is -2.43. The summed E-state index contributed by atoms with van der Waals surface area (Å²) < 4.78 is 34.0. The number of carbonyl (C=O) groups excluding carboxylic acids is 2. The van der Waals surface area contributed by atoms with Crippen LogP contribution in [-0.2, 0) is 4.74 Å². The van der Waals surface area contributed by atoms with Gasteiger partial charge in [-0.05, 0) is 29.8 Å². The van der Waals surface area contributed by atoms with Crippen molar-refractivity contribution in [1.29, 1.82) is 0 Å². The van der Waals surface area contributed by atoms with Gasteiger partial charge in [0.25, 0.3) is 5.91 Å². The Balaban J connectivity index is 1.56. The second kappa shape index (κ2) is 10.6. The lowest BCUT2D eigenvalue weighted by molar-refractivity contribution is 0.100. The van der Waals surface area contributed by atoms with E-state index in [0.29, 0.717) is 37.5 Å². The van der Waals surface area contributed by atoms with Crippen LogP contribution in [0.25, 0.3) is 5.69 Å². The van der Waals surface area contributed by atoms with Crippen molar-refractivity contribution in [1.82, 2.24) is 20.0 Å². The van der Waals surface area contributed by atoms with Gasteiger partial charge < -0.3 is 15.8 Å². The van der Waals surface area contributed by atoms with E-state index < -0.39 is 29.6 Å². The van der Waals surface area contributed by atoms with Crippen LogP contribution in [0.3, 0.4) is 0 Å². The van der Waals surface area contributed by atoms with Gasteiger partial charge in [-0.3, -0.25) is 15.0 Å². The van der Waals surface area contributed by atoms with E-state index in [-0.39, 0.29) is 17.3 Å². The first-order valence-electron chi connectivity index (χ1n) is 11.0. The summed E-state index contributed by atoms with van der Waals surface area (Å²) in [5.74, 6) is -2.78. The third kappa shape index (κ3) is 5.47. The zero-order valence-electron chi connectivity index (χ0n) is 19.1. The van der Waals surface area contributed by atoms with E-state index in [4.69, 9.17) is 10.5 Å². The summed E-state index contributed by atoms with van der Waals surface area (Å²) in [4.78, 5) is 27.1. The maximum atomic E-state index is 13.9. The number of nitrogens with one attached hydrogen (secondary N) is 2. The number of likely N-dealkylation sites (tertiary alicyclic amines) is 1. The fraction of sp³-hybridized carbons (Fsp3) is 0.292. The van der Waals surface area contributed by atoms with E-state index >= 15 is 0 Å². The fourth-order valence-corrected chi connectivity index (χ4v) is 4.24. The van der Waals surface area contributed by atoms with Crippen molar-refractivity contribution in [2.45, 2.75) is 12.0 Å². The second-order valence-electron chi connectivity index (χ2n) is 8.26. The average molecular weight is 485 g/mol. The van der Waals surface area contributed by atoms with Crippen LogP contribution >= 0.6 is 0 Å². The highest BCUT2D eigenvalue weighted by atomic mass is 19.2. The maximum Gasteiger partial charge on any atom is 0.320 e. The Labute approximate surface area is 200 Å². The normalized spacial score (nSPS) is 17.9. The standard InChI is InChI=1S/C24H26F2N6O3/c1-35-10-9-31-13-18(15-7-8-19(25)20(26)11-15)21(14-31)29-24(34)30-23-17(22(27)33)12-28-32(23)16-5-3-2-4-6-16/h2-8,11-12,18,21H,9-10,13-14H2,1H3,(H2,27,33)(H2,29,30,34)/t18-,21+/m0/s1. The van der Waals surface area contributed by atoms with Gasteiger partial charge in [0.05, 0.1) is 24.5 Å². The fourth-order valence-electron chi connectivity index (χ4n) is 4.24. The zero-order valence-corrected chi connectivity index (χ0v) is 19.1. The van der Waals surface area contributed by atoms with Crippen LogP contribution in [0.4, 0.5) is 19.4 Å². The van der Waals surface area contributed by atoms with Gasteiger partial charge in [0.1, 0.15) is 5.56 Å². The number of hydrogen-bond acceptors (Lipinski definition) is 5. The molecule has 1 aliphatic heterocycles. The predicted octanol–water partition coefficient (Wildman–Crippen LogP) is 2.49. The molecule has 9 nitrogen and oxygen atoms in total. The predicted molar refractivity (Wildman–Crippen MR) is 125 cm³/mol. The number of ether oxygens (including phenoxy) is 1. The Morgan fingerprint density at radius 1 is 1.14 bits per heavy atom. The third-order valence-corrected chi connectivity index (χ3v) is 5.96. The molecule has 11 heteroatoms. The quantitative estimate of drug-likeness (QED) is 0.455. The van der Waals surface area contributed by atoms with Crippen LogP contribution in [0.2, 0.25) is 0 Å². The molecule has 0 bridgehead atoms. The summed E-state index contributed by atoms with van der Waals surface area (Å²) >= 11 is 0. The SMILES string of the molecule is COCCN1C[C@@H](NC(=O)Nc2c(C(N)=O)cnn2-c2ccccc2)[C@H](c2ccc(F)c(F)c2)C1. The molecule has 2 aromatic carbocycles. The number of urea groups is 1. The smallest absolute Gasteiger partial charge is 0.320 e. The van der Waals surface area contributed by atoms with Crippen LogP contribution in [-0.4, -0.2) is 66.0 Å². The van der Waals surface area contributed by atoms with E-state index in [2.05, 4.69) is 20.6 Å². The first kappa shape index (κ1) is 24.3. The highest BCUT2D eigenvalue weighted by molar-refractivity contribution is 6.02. The first-order valence-corrected chi connectivity index (χ1v) is 11.0. The monoisotopic (exact) mass is 484 g/mol. The molecule has 1 saturated heterocycles. The van der Waals surface area contributed by atoms with Crippen molar-refractivity contribution >= 4 is 17.8 Å². The number of benzene rings is 2. The molecule has 1 fully saturated rings. The summed E-state index contributed by atoms with van der Waals surface area (Å²) in [5, 5.41) is 9.79. The zero-order chi connectivity index (χ0) is 24.9. The van der Waals surface area contributed by atoms with Crippen LogP contribution in [0.1, 0.15) is 21.8 Å². The molecule has 0 radical (unpaired) electrons. The molecule has 184 valence electrons. The largest absolute Gasteiger partial charge is 0.383 e. The number of carbonyl (C=O) groups is 2. The summed E-state index contributed by atoms with van der Waals surface area (Å²) in [6, 6.07) is 11.7. The molecule has 35 heavy (non-hydrogen) atoms. The minimum Gasteiger partial charge on any atom is -0.383 e. The maximum absolute atomic E-state index is 13.9. The molecule has 1 aliphatic rings. The molecule has 2 heterocycles. The van der Waals surface area contributed by atoms with E-state index in [1.54, 1.807) is 31.4 Å². The van der Waals surface area contributed by atoms with Crippen molar-refractivity contribution in [3.05, 3.63) is 77.5 Å². The molecule has 1 aromatic heterocycles. The Kier molecular flexibility index (Phi) is 7.37. The molecule has 2 atom stereocenters. The number of rotatable bonds is 8. The molecular weight excluding hydrogens is 458 g/mol. The van der Waals surface area contributed by atoms with Crippen molar-refractivity contribution in [3.8, 4) is 5.69 Å². The number of hydrogen-bond donors (Lipinski definition) is 3. The van der Waals surface area contributed by atoms with Gasteiger partial charge in [-0.25, -0.2) is 18.3 Å². The van der Waals surface area contributed by atoms with Gasteiger partial charge in [-0.1, -0.05) is 24.3 Å². The second-order valence-corrected chi connectivity index (χ2v) is 8.26. The number of anilines is 1. The molecule has 0 unspecified atom stereocenters. The van der Waals surface area contributed by atoms with Crippen molar-refractivity contribution in [2.24, 2.45) is 5.73 Å². The molecule has 0 spiro atoms. The van der Waals surface area contributed by atoms with Crippen LogP contribution in [0, 0.1) is 11.6 Å². The molecule has 4 N–H and O–H groups in total.